The summed E-state index contributed by atoms with van der Waals surface area (Å²) in [7, 11) is -3.34. The molecule has 0 aliphatic carbocycles. The van der Waals surface area contributed by atoms with Crippen molar-refractivity contribution in [2.45, 2.75) is 42.4 Å². The highest BCUT2D eigenvalue weighted by molar-refractivity contribution is 7.93. The molecular weight excluding hydrogens is 513 g/mol. The van der Waals surface area contributed by atoms with Gasteiger partial charge in [0.15, 0.2) is 11.1 Å². The van der Waals surface area contributed by atoms with Crippen molar-refractivity contribution in [2.75, 3.05) is 37.0 Å². The van der Waals surface area contributed by atoms with Crippen LogP contribution in [-0.2, 0) is 26.6 Å². The Morgan fingerprint density at radius 3 is 2.54 bits per heavy atom. The second-order valence-electron chi connectivity index (χ2n) is 10.3. The number of amidine groups is 1. The molecule has 0 radical (unpaired) electrons. The van der Waals surface area contributed by atoms with Gasteiger partial charge in [-0.2, -0.15) is 4.99 Å². The molecule has 3 heterocycles. The minimum Gasteiger partial charge on any atom is -0.616 e. The zero-order valence-electron chi connectivity index (χ0n) is 21.0. The summed E-state index contributed by atoms with van der Waals surface area (Å²) in [4.78, 5) is 12.0. The van der Waals surface area contributed by atoms with E-state index in [9.17, 15) is 17.4 Å². The summed E-state index contributed by atoms with van der Waals surface area (Å²) < 4.78 is 53.3. The van der Waals surface area contributed by atoms with Crippen LogP contribution < -0.4 is 10.0 Å². The molecule has 0 amide bonds. The second kappa shape index (κ2) is 10.0. The molecule has 2 aromatic rings. The lowest BCUT2D eigenvalue weighted by Gasteiger charge is -2.44. The Kier molecular flexibility index (Phi) is 7.08. The largest absolute Gasteiger partial charge is 0.616 e. The van der Waals surface area contributed by atoms with Crippen molar-refractivity contribution < 1.29 is 17.4 Å². The molecule has 3 aliphatic rings. The van der Waals surface area contributed by atoms with Crippen molar-refractivity contribution >= 4 is 38.7 Å². The van der Waals surface area contributed by atoms with Gasteiger partial charge in [0, 0.05) is 37.2 Å². The highest BCUT2D eigenvalue weighted by Gasteiger charge is 2.55. The molecular formula is C26H32FN5O3S2. The Balaban J connectivity index is 1.41. The quantitative estimate of drug-likeness (QED) is 0.562. The van der Waals surface area contributed by atoms with E-state index in [0.29, 0.717) is 62.1 Å². The molecule has 0 bridgehead atoms. The summed E-state index contributed by atoms with van der Waals surface area (Å²) in [6.45, 7) is 3.61. The number of fused-ring (bicyclic) bond motifs is 1. The van der Waals surface area contributed by atoms with Gasteiger partial charge in [-0.25, -0.2) is 22.5 Å². The first kappa shape index (κ1) is 26.1. The number of hydrogen-bond donors (Lipinski definition) is 2. The number of aliphatic imine (C=N–C) groups is 2. The Bertz CT molecular complexity index is 1310. The predicted octanol–water partition coefficient (Wildman–Crippen LogP) is 2.87. The molecule has 0 aromatic heterocycles. The molecule has 2 fully saturated rings. The molecule has 0 saturated carbocycles. The van der Waals surface area contributed by atoms with Crippen LogP contribution in [0.1, 0.15) is 31.7 Å². The molecule has 3 aliphatic heterocycles. The summed E-state index contributed by atoms with van der Waals surface area (Å²) in [6.07, 6.45) is 3.29. The third-order valence-corrected chi connectivity index (χ3v) is 10.2. The molecule has 0 spiro atoms. The van der Waals surface area contributed by atoms with Gasteiger partial charge in [-0.15, -0.1) is 0 Å². The first-order chi connectivity index (χ1) is 17.6. The van der Waals surface area contributed by atoms with E-state index in [2.05, 4.69) is 27.1 Å². The van der Waals surface area contributed by atoms with Gasteiger partial charge in [-0.05, 0) is 54.7 Å². The Morgan fingerprint density at radius 2 is 1.86 bits per heavy atom. The number of anilines is 1. The van der Waals surface area contributed by atoms with Gasteiger partial charge in [0.2, 0.25) is 16.0 Å². The van der Waals surface area contributed by atoms with Crippen LogP contribution in [0.5, 0.6) is 0 Å². The summed E-state index contributed by atoms with van der Waals surface area (Å²) in [6, 6.07) is 16.2. The lowest BCUT2D eigenvalue weighted by atomic mass is 9.73. The monoisotopic (exact) mass is 545 g/mol. The van der Waals surface area contributed by atoms with Gasteiger partial charge >= 0.3 is 0 Å². The molecule has 2 saturated heterocycles. The fourth-order valence-corrected chi connectivity index (χ4v) is 7.99. The van der Waals surface area contributed by atoms with Gasteiger partial charge in [0.05, 0.1) is 6.26 Å². The number of likely N-dealkylation sites (tertiary alicyclic amines) is 1. The van der Waals surface area contributed by atoms with E-state index in [1.807, 2.05) is 25.1 Å². The maximum atomic E-state index is 13.8. The van der Waals surface area contributed by atoms with E-state index in [1.54, 1.807) is 12.1 Å². The van der Waals surface area contributed by atoms with E-state index in [4.69, 9.17) is 9.98 Å². The minimum absolute atomic E-state index is 0.324. The zero-order chi connectivity index (χ0) is 26.3. The lowest BCUT2D eigenvalue weighted by molar-refractivity contribution is 0.222. The summed E-state index contributed by atoms with van der Waals surface area (Å²) >= 11 is -1.13. The zero-order valence-corrected chi connectivity index (χ0v) is 22.6. The molecule has 2 N–H and O–H groups in total. The normalized spacial score (nSPS) is 27.3. The first-order valence-corrected chi connectivity index (χ1v) is 15.7. The topological polar surface area (TPSA) is 109 Å². The van der Waals surface area contributed by atoms with Gasteiger partial charge < -0.3 is 14.8 Å². The third kappa shape index (κ3) is 5.55. The van der Waals surface area contributed by atoms with E-state index >= 15 is 0 Å². The predicted molar refractivity (Wildman–Crippen MR) is 146 cm³/mol. The van der Waals surface area contributed by atoms with E-state index in [1.165, 1.54) is 18.4 Å². The summed E-state index contributed by atoms with van der Waals surface area (Å²) in [5, 5.41) is 2.85. The van der Waals surface area contributed by atoms with Crippen LogP contribution in [0, 0.1) is 5.82 Å². The lowest BCUT2D eigenvalue weighted by Crippen LogP contribution is -2.54. The minimum atomic E-state index is -3.34. The number of rotatable bonds is 5. The number of guanidine groups is 1. The number of hydrogen-bond acceptors (Lipinski definition) is 7. The van der Waals surface area contributed by atoms with Crippen LogP contribution in [-0.4, -0.2) is 72.1 Å². The van der Waals surface area contributed by atoms with Crippen molar-refractivity contribution in [3.63, 3.8) is 0 Å². The van der Waals surface area contributed by atoms with Crippen molar-refractivity contribution in [1.29, 1.82) is 0 Å². The number of sulfonamides is 1. The molecule has 8 nitrogen and oxygen atoms in total. The first-order valence-electron chi connectivity index (χ1n) is 12.4. The van der Waals surface area contributed by atoms with Crippen molar-refractivity contribution in [1.82, 2.24) is 9.62 Å². The van der Waals surface area contributed by atoms with Crippen LogP contribution in [0.15, 0.2) is 64.6 Å². The fourth-order valence-electron chi connectivity index (χ4n) is 5.50. The van der Waals surface area contributed by atoms with Crippen LogP contribution in [0.2, 0.25) is 0 Å². The highest BCUT2D eigenvalue weighted by Crippen LogP contribution is 2.40. The number of nitrogens with zero attached hydrogens (tertiary/aromatic N) is 3. The number of piperidine rings is 1. The average molecular weight is 546 g/mol. The molecule has 3 unspecified atom stereocenters. The Labute approximate surface area is 220 Å². The summed E-state index contributed by atoms with van der Waals surface area (Å²) in [5.74, 6) is 1.30. The van der Waals surface area contributed by atoms with Crippen LogP contribution in [0.3, 0.4) is 0 Å². The van der Waals surface area contributed by atoms with Crippen molar-refractivity contribution in [3.05, 3.63) is 66.0 Å². The highest BCUT2D eigenvalue weighted by atomic mass is 32.2. The number of halogens is 1. The molecule has 11 heteroatoms. The standard InChI is InChI=1S/C26H32FN5O3S2/c1-25-13-16-36(33)22(25)23(29-21-10-6-9-20(27)17-21)30-24(31-25)32-14-11-26(12-15-32,18-28-37(2,34)35)19-7-4-3-5-8-19/h3-10,17,22,28H,11-16,18H2,1-2H3,(H,29,30,31). The van der Waals surface area contributed by atoms with Gasteiger partial charge in [0.1, 0.15) is 17.1 Å². The second-order valence-corrected chi connectivity index (χ2v) is 13.8. The van der Waals surface area contributed by atoms with E-state index in [-0.39, 0.29) is 16.5 Å². The van der Waals surface area contributed by atoms with E-state index in [0.717, 1.165) is 5.56 Å². The average Bonchev–Trinajstić information content (AvgIpc) is 3.17. The van der Waals surface area contributed by atoms with Gasteiger partial charge in [0.25, 0.3) is 0 Å². The molecule has 198 valence electrons. The number of benzene rings is 2. The van der Waals surface area contributed by atoms with Gasteiger partial charge in [-0.1, -0.05) is 36.4 Å². The molecule has 3 atom stereocenters. The maximum Gasteiger partial charge on any atom is 0.223 e. The fraction of sp³-hybridized carbons (Fsp3) is 0.462. The Hall–Kier alpha value is -2.47. The summed E-state index contributed by atoms with van der Waals surface area (Å²) in [5.41, 5.74) is 0.749. The molecule has 2 aromatic carbocycles. The van der Waals surface area contributed by atoms with Crippen LogP contribution in [0.4, 0.5) is 10.1 Å². The maximum absolute atomic E-state index is 13.8. The van der Waals surface area contributed by atoms with Crippen molar-refractivity contribution in [2.24, 2.45) is 9.98 Å². The number of nitrogens with one attached hydrogen (secondary N) is 2. The van der Waals surface area contributed by atoms with Crippen LogP contribution in [0.25, 0.3) is 0 Å². The van der Waals surface area contributed by atoms with E-state index < -0.39 is 26.7 Å². The molecule has 37 heavy (non-hydrogen) atoms. The third-order valence-electron chi connectivity index (χ3n) is 7.62. The van der Waals surface area contributed by atoms with Gasteiger partial charge in [-0.3, -0.25) is 0 Å². The van der Waals surface area contributed by atoms with Crippen molar-refractivity contribution in [3.8, 4) is 0 Å². The Morgan fingerprint density at radius 1 is 1.14 bits per heavy atom. The molecule has 5 rings (SSSR count). The van der Waals surface area contributed by atoms with Crippen LogP contribution >= 0.6 is 0 Å². The SMILES string of the molecule is CC12CC[S+]([O-])C1C(Nc1cccc(F)c1)=NC(N1CCC(CNS(C)(=O)=O)(c3ccccc3)CC1)=N2. The smallest absolute Gasteiger partial charge is 0.223 e.